The molecule has 1 heteroatoms. The van der Waals surface area contributed by atoms with E-state index in [1.165, 1.54) is 6.42 Å². The molecule has 1 nitrogen and oxygen atoms in total. The van der Waals surface area contributed by atoms with Crippen LogP contribution >= 0.6 is 0 Å². The Morgan fingerprint density at radius 3 is 2.33 bits per heavy atom. The lowest BCUT2D eigenvalue weighted by atomic mass is 9.84. The zero-order chi connectivity index (χ0) is 9.56. The van der Waals surface area contributed by atoms with Gasteiger partial charge >= 0.3 is 0 Å². The summed E-state index contributed by atoms with van der Waals surface area (Å²) in [6.07, 6.45) is 5.51. The Morgan fingerprint density at radius 1 is 1.42 bits per heavy atom. The standard InChI is InChI=1S/C11H23N/c1-5-8-11(12)9(4)10(6-2)7-3/h6,9-11H,2,5,7-8,12H2,1,3-4H3. The van der Waals surface area contributed by atoms with Gasteiger partial charge in [-0.1, -0.05) is 33.3 Å². The van der Waals surface area contributed by atoms with Crippen molar-refractivity contribution in [1.29, 1.82) is 0 Å². The average Bonchev–Trinajstić information content (AvgIpc) is 2.07. The maximum absolute atomic E-state index is 6.03. The van der Waals surface area contributed by atoms with E-state index in [0.717, 1.165) is 12.8 Å². The molecule has 3 atom stereocenters. The molecule has 0 saturated carbocycles. The molecular weight excluding hydrogens is 146 g/mol. The van der Waals surface area contributed by atoms with Crippen molar-refractivity contribution < 1.29 is 0 Å². The van der Waals surface area contributed by atoms with E-state index < -0.39 is 0 Å². The number of rotatable bonds is 6. The molecule has 0 radical (unpaired) electrons. The molecular formula is C11H23N. The Balaban J connectivity index is 3.95. The van der Waals surface area contributed by atoms with Crippen molar-refractivity contribution in [1.82, 2.24) is 0 Å². The molecule has 2 N–H and O–H groups in total. The lowest BCUT2D eigenvalue weighted by molar-refractivity contribution is 0.332. The number of hydrogen-bond acceptors (Lipinski definition) is 1. The molecule has 0 bridgehead atoms. The van der Waals surface area contributed by atoms with E-state index in [-0.39, 0.29) is 0 Å². The van der Waals surface area contributed by atoms with Crippen LogP contribution in [0.3, 0.4) is 0 Å². The first-order valence-electron chi connectivity index (χ1n) is 5.05. The minimum Gasteiger partial charge on any atom is -0.327 e. The van der Waals surface area contributed by atoms with Crippen LogP contribution in [0, 0.1) is 11.8 Å². The van der Waals surface area contributed by atoms with E-state index in [1.54, 1.807) is 0 Å². The number of allylic oxidation sites excluding steroid dienone is 1. The third kappa shape index (κ3) is 3.40. The van der Waals surface area contributed by atoms with Gasteiger partial charge in [-0.25, -0.2) is 0 Å². The lowest BCUT2D eigenvalue weighted by Crippen LogP contribution is -2.32. The quantitative estimate of drug-likeness (QED) is 0.608. The van der Waals surface area contributed by atoms with Gasteiger partial charge < -0.3 is 5.73 Å². The van der Waals surface area contributed by atoms with Crippen molar-refractivity contribution in [3.05, 3.63) is 12.7 Å². The fraction of sp³-hybridized carbons (Fsp3) is 0.818. The average molecular weight is 169 g/mol. The van der Waals surface area contributed by atoms with E-state index in [1.807, 2.05) is 6.08 Å². The van der Waals surface area contributed by atoms with Gasteiger partial charge in [0.15, 0.2) is 0 Å². The largest absolute Gasteiger partial charge is 0.327 e. The summed E-state index contributed by atoms with van der Waals surface area (Å²) >= 11 is 0. The maximum atomic E-state index is 6.03. The molecule has 0 aliphatic rings. The van der Waals surface area contributed by atoms with E-state index in [9.17, 15) is 0 Å². The van der Waals surface area contributed by atoms with Gasteiger partial charge in [0.05, 0.1) is 0 Å². The van der Waals surface area contributed by atoms with Crippen molar-refractivity contribution >= 4 is 0 Å². The van der Waals surface area contributed by atoms with Gasteiger partial charge in [0, 0.05) is 6.04 Å². The zero-order valence-corrected chi connectivity index (χ0v) is 8.72. The predicted molar refractivity (Wildman–Crippen MR) is 56.0 cm³/mol. The fourth-order valence-corrected chi connectivity index (χ4v) is 1.67. The van der Waals surface area contributed by atoms with E-state index in [0.29, 0.717) is 17.9 Å². The molecule has 0 spiro atoms. The van der Waals surface area contributed by atoms with Crippen molar-refractivity contribution in [2.75, 3.05) is 0 Å². The van der Waals surface area contributed by atoms with Gasteiger partial charge in [-0.05, 0) is 24.7 Å². The smallest absolute Gasteiger partial charge is 0.00700 e. The first-order chi connectivity index (χ1) is 5.67. The molecule has 0 heterocycles. The van der Waals surface area contributed by atoms with Crippen LogP contribution in [0.2, 0.25) is 0 Å². The molecule has 0 rings (SSSR count). The summed E-state index contributed by atoms with van der Waals surface area (Å²) in [6, 6.07) is 0.345. The molecule has 0 aliphatic carbocycles. The molecule has 0 aromatic carbocycles. The van der Waals surface area contributed by atoms with Gasteiger partial charge in [0.1, 0.15) is 0 Å². The second-order valence-corrected chi connectivity index (χ2v) is 3.62. The predicted octanol–water partition coefficient (Wildman–Crippen LogP) is 2.96. The molecule has 3 unspecified atom stereocenters. The van der Waals surface area contributed by atoms with Crippen LogP contribution in [0.1, 0.15) is 40.0 Å². The third-order valence-electron chi connectivity index (χ3n) is 2.75. The zero-order valence-electron chi connectivity index (χ0n) is 8.72. The van der Waals surface area contributed by atoms with Gasteiger partial charge in [-0.2, -0.15) is 0 Å². The summed E-state index contributed by atoms with van der Waals surface area (Å²) in [7, 11) is 0. The van der Waals surface area contributed by atoms with Crippen molar-refractivity contribution in [3.8, 4) is 0 Å². The lowest BCUT2D eigenvalue weighted by Gasteiger charge is -2.25. The van der Waals surface area contributed by atoms with Crippen molar-refractivity contribution in [2.45, 2.75) is 46.1 Å². The summed E-state index contributed by atoms with van der Waals surface area (Å²) in [5.74, 6) is 1.17. The summed E-state index contributed by atoms with van der Waals surface area (Å²) in [5.41, 5.74) is 6.03. The SMILES string of the molecule is C=CC(CC)C(C)C(N)CCC. The highest BCUT2D eigenvalue weighted by atomic mass is 14.6. The second-order valence-electron chi connectivity index (χ2n) is 3.62. The maximum Gasteiger partial charge on any atom is 0.00700 e. The Morgan fingerprint density at radius 2 is 2.00 bits per heavy atom. The van der Waals surface area contributed by atoms with E-state index in [2.05, 4.69) is 27.4 Å². The molecule has 0 aromatic rings. The molecule has 0 aliphatic heterocycles. The monoisotopic (exact) mass is 169 g/mol. The highest BCUT2D eigenvalue weighted by Crippen LogP contribution is 2.21. The minimum absolute atomic E-state index is 0.345. The van der Waals surface area contributed by atoms with Crippen molar-refractivity contribution in [2.24, 2.45) is 17.6 Å². The van der Waals surface area contributed by atoms with Gasteiger partial charge in [-0.15, -0.1) is 6.58 Å². The summed E-state index contributed by atoms with van der Waals surface area (Å²) in [5, 5.41) is 0. The second kappa shape index (κ2) is 6.24. The van der Waals surface area contributed by atoms with Crippen LogP contribution in [0.5, 0.6) is 0 Å². The molecule has 12 heavy (non-hydrogen) atoms. The summed E-state index contributed by atoms with van der Waals surface area (Å²) in [6.45, 7) is 10.5. The first-order valence-corrected chi connectivity index (χ1v) is 5.05. The summed E-state index contributed by atoms with van der Waals surface area (Å²) in [4.78, 5) is 0. The molecule has 0 fully saturated rings. The fourth-order valence-electron chi connectivity index (χ4n) is 1.67. The van der Waals surface area contributed by atoms with Crippen LogP contribution < -0.4 is 5.73 Å². The van der Waals surface area contributed by atoms with Crippen LogP contribution in [0.4, 0.5) is 0 Å². The van der Waals surface area contributed by atoms with Crippen molar-refractivity contribution in [3.63, 3.8) is 0 Å². The van der Waals surface area contributed by atoms with Crippen LogP contribution in [-0.2, 0) is 0 Å². The number of nitrogens with two attached hydrogens (primary N) is 1. The molecule has 0 saturated heterocycles. The Bertz CT molecular complexity index is 120. The normalized spacial score (nSPS) is 18.3. The topological polar surface area (TPSA) is 26.0 Å². The molecule has 0 aromatic heterocycles. The van der Waals surface area contributed by atoms with Gasteiger partial charge in [0.25, 0.3) is 0 Å². The van der Waals surface area contributed by atoms with Crippen LogP contribution in [0.25, 0.3) is 0 Å². The highest BCUT2D eigenvalue weighted by Gasteiger charge is 2.18. The Kier molecular flexibility index (Phi) is 6.09. The Hall–Kier alpha value is -0.300. The number of hydrogen-bond donors (Lipinski definition) is 1. The first kappa shape index (κ1) is 11.7. The molecule has 72 valence electrons. The Labute approximate surface area is 77.0 Å². The summed E-state index contributed by atoms with van der Waals surface area (Å²) < 4.78 is 0. The van der Waals surface area contributed by atoms with E-state index >= 15 is 0 Å². The molecule has 0 amide bonds. The van der Waals surface area contributed by atoms with Gasteiger partial charge in [0.2, 0.25) is 0 Å². The van der Waals surface area contributed by atoms with Crippen LogP contribution in [0.15, 0.2) is 12.7 Å². The highest BCUT2D eigenvalue weighted by molar-refractivity contribution is 4.86. The minimum atomic E-state index is 0.345. The van der Waals surface area contributed by atoms with Gasteiger partial charge in [-0.3, -0.25) is 0 Å². The van der Waals surface area contributed by atoms with Crippen LogP contribution in [-0.4, -0.2) is 6.04 Å². The third-order valence-corrected chi connectivity index (χ3v) is 2.75. The van der Waals surface area contributed by atoms with E-state index in [4.69, 9.17) is 5.73 Å².